The number of hydrogen-bond donors (Lipinski definition) is 2. The Labute approximate surface area is 176 Å². The molecule has 2 aromatic carbocycles. The van der Waals surface area contributed by atoms with Crippen molar-refractivity contribution < 1.29 is 23.9 Å². The largest absolute Gasteiger partial charge is 0.387 e. The van der Waals surface area contributed by atoms with Crippen molar-refractivity contribution in [2.75, 3.05) is 0 Å². The molecule has 0 aliphatic carbocycles. The number of H-pyrrole nitrogens is 2. The highest BCUT2D eigenvalue weighted by Crippen LogP contribution is 2.24. The van der Waals surface area contributed by atoms with Crippen molar-refractivity contribution >= 4 is 72.8 Å². The third kappa shape index (κ3) is 3.48. The summed E-state index contributed by atoms with van der Waals surface area (Å²) in [5.41, 5.74) is 1.22. The maximum absolute atomic E-state index is 12.4. The normalized spacial score (nSPS) is 11.0. The van der Waals surface area contributed by atoms with Crippen LogP contribution in [-0.4, -0.2) is 33.5 Å². The lowest BCUT2D eigenvalue weighted by atomic mass is 10.1. The second-order valence-corrected chi connectivity index (χ2v) is 7.47. The summed E-state index contributed by atoms with van der Waals surface area (Å²) < 4.78 is 5.24. The van der Waals surface area contributed by atoms with Gasteiger partial charge >= 0.3 is 11.9 Å². The molecule has 2 heterocycles. The Balaban J connectivity index is 1.55. The van der Waals surface area contributed by atoms with Crippen molar-refractivity contribution in [3.8, 4) is 0 Å². The number of esters is 2. The van der Waals surface area contributed by atoms with Crippen molar-refractivity contribution in [1.82, 2.24) is 9.97 Å². The Kier molecular flexibility index (Phi) is 4.81. The average molecular weight is 474 g/mol. The molecule has 0 bridgehead atoms. The van der Waals surface area contributed by atoms with E-state index in [1.54, 1.807) is 36.4 Å². The van der Waals surface area contributed by atoms with Crippen molar-refractivity contribution in [3.05, 3.63) is 69.4 Å². The zero-order valence-corrected chi connectivity index (χ0v) is 16.8. The first kappa shape index (κ1) is 19.1. The van der Waals surface area contributed by atoms with Gasteiger partial charge in [0.05, 0.1) is 11.1 Å². The quantitative estimate of drug-likeness (QED) is 0.200. The molecule has 144 valence electrons. The number of aromatic nitrogens is 2. The minimum atomic E-state index is -1.44. The second-order valence-electron chi connectivity index (χ2n) is 6.12. The van der Waals surface area contributed by atoms with Gasteiger partial charge in [-0.15, -0.1) is 0 Å². The van der Waals surface area contributed by atoms with E-state index in [0.29, 0.717) is 31.3 Å². The molecule has 0 saturated heterocycles. The molecule has 0 spiro atoms. The van der Waals surface area contributed by atoms with E-state index < -0.39 is 23.5 Å². The van der Waals surface area contributed by atoms with Gasteiger partial charge in [-0.25, -0.2) is 9.59 Å². The topological polar surface area (TPSA) is 109 Å². The first-order valence-corrected chi connectivity index (χ1v) is 9.40. The standard InChI is InChI=1S/C20H10BrClN2O5/c21-9-1-4-15-12(5-9)14(8-23-15)18(26)20(28)29-19(27)17(25)13-7-24-16-6-10(22)2-3-11(13)16/h1-8,23-24H. The molecule has 7 nitrogen and oxygen atoms in total. The van der Waals surface area contributed by atoms with Gasteiger partial charge in [0, 0.05) is 43.7 Å². The van der Waals surface area contributed by atoms with E-state index in [0.717, 1.165) is 0 Å². The Morgan fingerprint density at radius 2 is 1.41 bits per heavy atom. The van der Waals surface area contributed by atoms with Crippen LogP contribution >= 0.6 is 27.5 Å². The Hall–Kier alpha value is -3.23. The van der Waals surface area contributed by atoms with Crippen molar-refractivity contribution in [2.24, 2.45) is 0 Å². The zero-order chi connectivity index (χ0) is 20.7. The number of benzene rings is 2. The first-order valence-electron chi connectivity index (χ1n) is 8.23. The summed E-state index contributed by atoms with van der Waals surface area (Å²) >= 11 is 9.18. The van der Waals surface area contributed by atoms with Gasteiger partial charge in [-0.3, -0.25) is 9.59 Å². The molecular weight excluding hydrogens is 464 g/mol. The number of ether oxygens (including phenoxy) is 1. The molecule has 29 heavy (non-hydrogen) atoms. The van der Waals surface area contributed by atoms with Gasteiger partial charge in [0.1, 0.15) is 0 Å². The lowest BCUT2D eigenvalue weighted by Gasteiger charge is -2.02. The zero-order valence-electron chi connectivity index (χ0n) is 14.4. The van der Waals surface area contributed by atoms with Crippen molar-refractivity contribution in [1.29, 1.82) is 0 Å². The van der Waals surface area contributed by atoms with Crippen LogP contribution in [0.25, 0.3) is 21.8 Å². The SMILES string of the molecule is O=C(OC(=O)C(=O)c1c[nH]c2ccc(Br)cc12)C(=O)c1c[nH]c2cc(Cl)ccc12. The Morgan fingerprint density at radius 3 is 2.10 bits per heavy atom. The summed E-state index contributed by atoms with van der Waals surface area (Å²) in [4.78, 5) is 54.8. The number of carbonyl (C=O) groups is 4. The van der Waals surface area contributed by atoms with E-state index in [4.69, 9.17) is 11.6 Å². The molecular formula is C20H10BrClN2O5. The van der Waals surface area contributed by atoms with Crippen LogP contribution in [0.2, 0.25) is 5.02 Å². The number of carbonyl (C=O) groups excluding carboxylic acids is 4. The predicted octanol–water partition coefficient (Wildman–Crippen LogP) is 4.20. The summed E-state index contributed by atoms with van der Waals surface area (Å²) in [5.74, 6) is -4.98. The smallest absolute Gasteiger partial charge is 0.381 e. The molecule has 0 atom stereocenters. The third-order valence-electron chi connectivity index (χ3n) is 4.33. The molecule has 0 radical (unpaired) electrons. The molecule has 0 amide bonds. The number of rotatable bonds is 4. The number of Topliss-reactive ketones (excluding diaryl/α,β-unsaturated/α-hetero) is 2. The molecule has 2 aromatic heterocycles. The maximum Gasteiger partial charge on any atom is 0.387 e. The lowest BCUT2D eigenvalue weighted by molar-refractivity contribution is -0.152. The molecule has 2 N–H and O–H groups in total. The first-order chi connectivity index (χ1) is 13.8. The number of aromatic amines is 2. The molecule has 0 unspecified atom stereocenters. The van der Waals surface area contributed by atoms with Crippen molar-refractivity contribution in [2.45, 2.75) is 0 Å². The Morgan fingerprint density at radius 1 is 0.793 bits per heavy atom. The number of nitrogens with one attached hydrogen (secondary N) is 2. The number of halogens is 2. The molecule has 0 aliphatic heterocycles. The van der Waals surface area contributed by atoms with E-state index in [2.05, 4.69) is 30.6 Å². The van der Waals surface area contributed by atoms with Crippen LogP contribution in [-0.2, 0) is 14.3 Å². The highest BCUT2D eigenvalue weighted by atomic mass is 79.9. The fourth-order valence-electron chi connectivity index (χ4n) is 2.96. The van der Waals surface area contributed by atoms with Gasteiger partial charge < -0.3 is 14.7 Å². The van der Waals surface area contributed by atoms with Gasteiger partial charge in [0.2, 0.25) is 0 Å². The second kappa shape index (κ2) is 7.31. The van der Waals surface area contributed by atoms with Crippen molar-refractivity contribution in [3.63, 3.8) is 0 Å². The summed E-state index contributed by atoms with van der Waals surface area (Å²) in [5, 5.41) is 1.37. The van der Waals surface area contributed by atoms with E-state index in [9.17, 15) is 19.2 Å². The van der Waals surface area contributed by atoms with E-state index in [1.807, 2.05) is 0 Å². The van der Waals surface area contributed by atoms with E-state index >= 15 is 0 Å². The molecule has 0 saturated carbocycles. The van der Waals surface area contributed by atoms with E-state index in [-0.39, 0.29) is 11.1 Å². The minimum Gasteiger partial charge on any atom is -0.381 e. The van der Waals surface area contributed by atoms with Crippen LogP contribution in [0, 0.1) is 0 Å². The highest BCUT2D eigenvalue weighted by molar-refractivity contribution is 9.10. The van der Waals surface area contributed by atoms with Gasteiger partial charge in [-0.05, 0) is 30.3 Å². The molecule has 4 aromatic rings. The highest BCUT2D eigenvalue weighted by Gasteiger charge is 2.29. The number of ketones is 2. The number of hydrogen-bond acceptors (Lipinski definition) is 5. The van der Waals surface area contributed by atoms with Crippen LogP contribution < -0.4 is 0 Å². The fraction of sp³-hybridized carbons (Fsp3) is 0. The van der Waals surface area contributed by atoms with Crippen LogP contribution in [0.5, 0.6) is 0 Å². The predicted molar refractivity (Wildman–Crippen MR) is 109 cm³/mol. The monoisotopic (exact) mass is 472 g/mol. The summed E-state index contributed by atoms with van der Waals surface area (Å²) in [6.07, 6.45) is 2.66. The molecule has 0 fully saturated rings. The fourth-order valence-corrected chi connectivity index (χ4v) is 3.50. The van der Waals surface area contributed by atoms with Gasteiger partial charge in [-0.2, -0.15) is 0 Å². The molecule has 0 aliphatic rings. The summed E-state index contributed by atoms with van der Waals surface area (Å²) in [6, 6.07) is 9.84. The van der Waals surface area contributed by atoms with Gasteiger partial charge in [0.15, 0.2) is 0 Å². The molecule has 9 heteroatoms. The summed E-state index contributed by atoms with van der Waals surface area (Å²) in [7, 11) is 0. The Bertz CT molecular complexity index is 1340. The lowest BCUT2D eigenvalue weighted by Crippen LogP contribution is -2.26. The van der Waals surface area contributed by atoms with Crippen LogP contribution in [0.4, 0.5) is 0 Å². The van der Waals surface area contributed by atoms with Crippen LogP contribution in [0.1, 0.15) is 20.7 Å². The van der Waals surface area contributed by atoms with Gasteiger partial charge in [-0.1, -0.05) is 33.6 Å². The van der Waals surface area contributed by atoms with Crippen LogP contribution in [0.3, 0.4) is 0 Å². The van der Waals surface area contributed by atoms with Crippen LogP contribution in [0.15, 0.2) is 53.3 Å². The van der Waals surface area contributed by atoms with E-state index in [1.165, 1.54) is 12.4 Å². The summed E-state index contributed by atoms with van der Waals surface area (Å²) in [6.45, 7) is 0. The van der Waals surface area contributed by atoms with Gasteiger partial charge in [0.25, 0.3) is 11.6 Å². The maximum atomic E-state index is 12.4. The molecule has 4 rings (SSSR count). The number of fused-ring (bicyclic) bond motifs is 2. The average Bonchev–Trinajstić information content (AvgIpc) is 3.29. The third-order valence-corrected chi connectivity index (χ3v) is 5.06. The minimum absolute atomic E-state index is 0.0120.